The molecule has 1 aromatic heterocycles. The van der Waals surface area contributed by atoms with Gasteiger partial charge in [-0.05, 0) is 25.1 Å². The maximum atomic E-state index is 12.5. The van der Waals surface area contributed by atoms with Crippen molar-refractivity contribution in [1.82, 2.24) is 10.2 Å². The molecule has 0 fully saturated rings. The number of H-pyrrole nitrogens is 1. The second-order valence-corrected chi connectivity index (χ2v) is 6.20. The van der Waals surface area contributed by atoms with E-state index in [-0.39, 0.29) is 5.91 Å². The lowest BCUT2D eigenvalue weighted by atomic mass is 10.1. The average Bonchev–Trinajstić information content (AvgIpc) is 3.02. The molecular weight excluding hydrogens is 330 g/mol. The van der Waals surface area contributed by atoms with Crippen molar-refractivity contribution in [2.24, 2.45) is 0 Å². The monoisotopic (exact) mass is 349 g/mol. The molecule has 0 atom stereocenters. The zero-order valence-electron chi connectivity index (χ0n) is 14.4. The Labute approximate surface area is 151 Å². The molecule has 1 aliphatic heterocycles. The molecule has 0 saturated carbocycles. The predicted molar refractivity (Wildman–Crippen MR) is 98.8 cm³/mol. The van der Waals surface area contributed by atoms with Crippen LogP contribution < -0.4 is 14.8 Å². The van der Waals surface area contributed by atoms with E-state index >= 15 is 0 Å². The van der Waals surface area contributed by atoms with Crippen LogP contribution in [0.4, 0.5) is 5.69 Å². The molecule has 2 N–H and O–H groups in total. The first-order valence-corrected chi connectivity index (χ1v) is 8.52. The third-order valence-corrected chi connectivity index (χ3v) is 4.18. The van der Waals surface area contributed by atoms with Crippen molar-refractivity contribution in [2.75, 3.05) is 18.5 Å². The lowest BCUT2D eigenvalue weighted by molar-refractivity contribution is 0.102. The van der Waals surface area contributed by atoms with E-state index in [1.807, 2.05) is 31.2 Å². The van der Waals surface area contributed by atoms with Gasteiger partial charge in [0.1, 0.15) is 5.69 Å². The Morgan fingerprint density at radius 2 is 1.81 bits per heavy atom. The smallest absolute Gasteiger partial charge is 0.273 e. The van der Waals surface area contributed by atoms with Crippen molar-refractivity contribution in [3.8, 4) is 22.8 Å². The molecule has 0 aliphatic carbocycles. The van der Waals surface area contributed by atoms with E-state index in [9.17, 15) is 4.79 Å². The van der Waals surface area contributed by atoms with E-state index in [1.165, 1.54) is 5.56 Å². The van der Waals surface area contributed by atoms with Crippen molar-refractivity contribution in [2.45, 2.75) is 13.3 Å². The van der Waals surface area contributed by atoms with Gasteiger partial charge in [-0.3, -0.25) is 9.89 Å². The Bertz CT molecular complexity index is 932. The van der Waals surface area contributed by atoms with Crippen molar-refractivity contribution >= 4 is 11.6 Å². The first kappa shape index (κ1) is 16.2. The maximum Gasteiger partial charge on any atom is 0.273 e. The molecule has 2 heterocycles. The normalized spacial score (nSPS) is 13.1. The number of benzene rings is 2. The summed E-state index contributed by atoms with van der Waals surface area (Å²) in [4.78, 5) is 12.5. The van der Waals surface area contributed by atoms with Gasteiger partial charge in [-0.15, -0.1) is 0 Å². The lowest BCUT2D eigenvalue weighted by Gasteiger charge is -2.09. The van der Waals surface area contributed by atoms with E-state index < -0.39 is 0 Å². The summed E-state index contributed by atoms with van der Waals surface area (Å²) in [5, 5.41) is 9.88. The van der Waals surface area contributed by atoms with Gasteiger partial charge >= 0.3 is 0 Å². The molecule has 6 nitrogen and oxygen atoms in total. The van der Waals surface area contributed by atoms with Gasteiger partial charge in [0.25, 0.3) is 5.91 Å². The van der Waals surface area contributed by atoms with Crippen molar-refractivity contribution in [3.63, 3.8) is 0 Å². The summed E-state index contributed by atoms with van der Waals surface area (Å²) in [6.45, 7) is 3.27. The molecule has 3 aromatic rings. The number of nitrogens with zero attached hydrogens (tertiary/aromatic N) is 1. The van der Waals surface area contributed by atoms with Crippen molar-refractivity contribution in [1.29, 1.82) is 0 Å². The van der Waals surface area contributed by atoms with Crippen LogP contribution in [-0.2, 0) is 0 Å². The van der Waals surface area contributed by atoms with Crippen LogP contribution in [0.5, 0.6) is 11.5 Å². The summed E-state index contributed by atoms with van der Waals surface area (Å²) < 4.78 is 11.3. The van der Waals surface area contributed by atoms with Crippen LogP contribution in [0.3, 0.4) is 0 Å². The van der Waals surface area contributed by atoms with Gasteiger partial charge in [-0.1, -0.05) is 29.8 Å². The molecular formula is C20H19N3O3. The molecule has 0 spiro atoms. The number of carbonyl (C=O) groups is 1. The van der Waals surface area contributed by atoms with E-state index in [4.69, 9.17) is 9.47 Å². The minimum atomic E-state index is -0.259. The van der Waals surface area contributed by atoms with Crippen molar-refractivity contribution in [3.05, 3.63) is 59.8 Å². The quantitative estimate of drug-likeness (QED) is 0.754. The Hall–Kier alpha value is -3.28. The van der Waals surface area contributed by atoms with Crippen LogP contribution in [0.25, 0.3) is 11.3 Å². The molecule has 0 radical (unpaired) electrons. The molecule has 0 saturated heterocycles. The highest BCUT2D eigenvalue weighted by Crippen LogP contribution is 2.32. The Kier molecular flexibility index (Phi) is 4.31. The SMILES string of the molecule is Cc1ccc(-c2cc(C(=O)Nc3ccc4c(c3)OCCCO4)[nH]n2)cc1. The zero-order valence-corrected chi connectivity index (χ0v) is 14.4. The number of aromatic nitrogens is 2. The Balaban J connectivity index is 1.50. The summed E-state index contributed by atoms with van der Waals surface area (Å²) in [6, 6.07) is 15.1. The second-order valence-electron chi connectivity index (χ2n) is 6.20. The summed E-state index contributed by atoms with van der Waals surface area (Å²) in [5.74, 6) is 1.08. The summed E-state index contributed by atoms with van der Waals surface area (Å²) in [7, 11) is 0. The molecule has 26 heavy (non-hydrogen) atoms. The molecule has 0 bridgehead atoms. The van der Waals surface area contributed by atoms with Crippen LogP contribution in [0.15, 0.2) is 48.5 Å². The maximum absolute atomic E-state index is 12.5. The van der Waals surface area contributed by atoms with Crippen LogP contribution in [-0.4, -0.2) is 29.3 Å². The van der Waals surface area contributed by atoms with Gasteiger partial charge in [-0.2, -0.15) is 5.10 Å². The molecule has 132 valence electrons. The third-order valence-electron chi connectivity index (χ3n) is 4.18. The van der Waals surface area contributed by atoms with Gasteiger partial charge in [0, 0.05) is 23.7 Å². The molecule has 1 aliphatic rings. The fraction of sp³-hybridized carbons (Fsp3) is 0.200. The number of nitrogens with one attached hydrogen (secondary N) is 2. The number of aromatic amines is 1. The molecule has 6 heteroatoms. The summed E-state index contributed by atoms with van der Waals surface area (Å²) in [6.07, 6.45) is 0.840. The topological polar surface area (TPSA) is 76.2 Å². The number of ether oxygens (including phenoxy) is 2. The number of aryl methyl sites for hydroxylation is 1. The molecule has 4 rings (SSSR count). The highest BCUT2D eigenvalue weighted by atomic mass is 16.5. The number of hydrogen-bond donors (Lipinski definition) is 2. The fourth-order valence-electron chi connectivity index (χ4n) is 2.75. The summed E-state index contributed by atoms with van der Waals surface area (Å²) >= 11 is 0. The minimum Gasteiger partial charge on any atom is -0.490 e. The van der Waals surface area contributed by atoms with E-state index in [1.54, 1.807) is 24.3 Å². The molecule has 0 unspecified atom stereocenters. The Morgan fingerprint density at radius 1 is 1.04 bits per heavy atom. The third kappa shape index (κ3) is 3.39. The van der Waals surface area contributed by atoms with Crippen LogP contribution in [0.2, 0.25) is 0 Å². The number of rotatable bonds is 3. The number of fused-ring (bicyclic) bond motifs is 1. The van der Waals surface area contributed by atoms with E-state index in [0.717, 1.165) is 17.7 Å². The standard InChI is InChI=1S/C20H19N3O3/c1-13-3-5-14(6-4-13)16-12-17(23-22-16)20(24)21-15-7-8-18-19(11-15)26-10-2-9-25-18/h3-8,11-12H,2,9-10H2,1H3,(H,21,24)(H,22,23). The van der Waals surface area contributed by atoms with Gasteiger partial charge in [0.15, 0.2) is 11.5 Å². The minimum absolute atomic E-state index is 0.259. The second kappa shape index (κ2) is 6.92. The average molecular weight is 349 g/mol. The van der Waals surface area contributed by atoms with Crippen molar-refractivity contribution < 1.29 is 14.3 Å². The number of amides is 1. The first-order chi connectivity index (χ1) is 12.7. The van der Waals surface area contributed by atoms with E-state index in [2.05, 4.69) is 15.5 Å². The van der Waals surface area contributed by atoms with Gasteiger partial charge in [-0.25, -0.2) is 0 Å². The summed E-state index contributed by atoms with van der Waals surface area (Å²) in [5.41, 5.74) is 3.91. The zero-order chi connectivity index (χ0) is 17.9. The molecule has 1 amide bonds. The largest absolute Gasteiger partial charge is 0.490 e. The number of carbonyl (C=O) groups excluding carboxylic acids is 1. The van der Waals surface area contributed by atoms with E-state index in [0.29, 0.717) is 36.1 Å². The van der Waals surface area contributed by atoms with Gasteiger partial charge in [0.05, 0.1) is 18.9 Å². The highest BCUT2D eigenvalue weighted by Gasteiger charge is 2.14. The number of anilines is 1. The van der Waals surface area contributed by atoms with Crippen LogP contribution in [0.1, 0.15) is 22.5 Å². The van der Waals surface area contributed by atoms with Gasteiger partial charge < -0.3 is 14.8 Å². The Morgan fingerprint density at radius 3 is 2.62 bits per heavy atom. The number of hydrogen-bond acceptors (Lipinski definition) is 4. The van der Waals surface area contributed by atoms with Gasteiger partial charge in [0.2, 0.25) is 0 Å². The first-order valence-electron chi connectivity index (χ1n) is 8.52. The lowest BCUT2D eigenvalue weighted by Crippen LogP contribution is -2.12. The molecule has 2 aromatic carbocycles. The highest BCUT2D eigenvalue weighted by molar-refractivity contribution is 6.03. The fourth-order valence-corrected chi connectivity index (χ4v) is 2.75. The predicted octanol–water partition coefficient (Wildman–Crippen LogP) is 3.80. The van der Waals surface area contributed by atoms with Crippen LogP contribution >= 0.6 is 0 Å². The van der Waals surface area contributed by atoms with Crippen LogP contribution in [0, 0.1) is 6.92 Å².